The van der Waals surface area contributed by atoms with Gasteiger partial charge in [-0.15, -0.1) is 0 Å². The van der Waals surface area contributed by atoms with Crippen molar-refractivity contribution in [2.24, 2.45) is 5.10 Å². The van der Waals surface area contributed by atoms with Gasteiger partial charge in [0.15, 0.2) is 0 Å². The van der Waals surface area contributed by atoms with Crippen LogP contribution in [-0.2, 0) is 4.79 Å². The van der Waals surface area contributed by atoms with E-state index in [9.17, 15) is 9.59 Å². The minimum absolute atomic E-state index is 0.175. The molecule has 0 saturated carbocycles. The Morgan fingerprint density at radius 1 is 1.17 bits per heavy atom. The second-order valence-electron chi connectivity index (χ2n) is 4.51. The standard InChI is InChI=1S/C16H13BrClN3O2/c17-13-6-3-5-11(8-13)16(23)19-10-15(22)21-20-9-12-4-1-2-7-14(12)18/h1-9H,10H2,(H,19,23)(H,21,22)/b20-9+. The molecule has 2 amide bonds. The Bertz CT molecular complexity index is 750. The Balaban J connectivity index is 1.81. The van der Waals surface area contributed by atoms with Gasteiger partial charge in [-0.05, 0) is 24.3 Å². The van der Waals surface area contributed by atoms with Crippen LogP contribution < -0.4 is 10.7 Å². The molecule has 0 heterocycles. The minimum Gasteiger partial charge on any atom is -0.343 e. The molecular weight excluding hydrogens is 382 g/mol. The summed E-state index contributed by atoms with van der Waals surface area (Å²) in [4.78, 5) is 23.5. The second-order valence-corrected chi connectivity index (χ2v) is 5.83. The average molecular weight is 395 g/mol. The lowest BCUT2D eigenvalue weighted by Gasteiger charge is -2.04. The first-order valence-corrected chi connectivity index (χ1v) is 7.83. The molecule has 0 spiro atoms. The van der Waals surface area contributed by atoms with E-state index in [-0.39, 0.29) is 12.5 Å². The first kappa shape index (κ1) is 17.2. The van der Waals surface area contributed by atoms with Gasteiger partial charge in [-0.2, -0.15) is 5.10 Å². The molecule has 7 heteroatoms. The number of hydrazone groups is 1. The summed E-state index contributed by atoms with van der Waals surface area (Å²) >= 11 is 9.24. The molecule has 0 saturated heterocycles. The molecule has 0 atom stereocenters. The first-order valence-electron chi connectivity index (χ1n) is 6.66. The molecule has 0 aliphatic heterocycles. The lowest BCUT2D eigenvalue weighted by molar-refractivity contribution is -0.120. The van der Waals surface area contributed by atoms with Crippen molar-refractivity contribution in [1.29, 1.82) is 0 Å². The van der Waals surface area contributed by atoms with Gasteiger partial charge in [-0.3, -0.25) is 9.59 Å². The Morgan fingerprint density at radius 3 is 2.70 bits per heavy atom. The average Bonchev–Trinajstić information content (AvgIpc) is 2.54. The molecule has 23 heavy (non-hydrogen) atoms. The number of carbonyl (C=O) groups excluding carboxylic acids is 2. The molecule has 0 unspecified atom stereocenters. The van der Waals surface area contributed by atoms with Crippen LogP contribution in [0.4, 0.5) is 0 Å². The zero-order valence-electron chi connectivity index (χ0n) is 11.9. The molecule has 5 nitrogen and oxygen atoms in total. The third kappa shape index (κ3) is 5.50. The van der Waals surface area contributed by atoms with Crippen LogP contribution in [0.1, 0.15) is 15.9 Å². The lowest BCUT2D eigenvalue weighted by atomic mass is 10.2. The number of carbonyl (C=O) groups is 2. The zero-order valence-corrected chi connectivity index (χ0v) is 14.3. The molecule has 2 rings (SSSR count). The number of hydrogen-bond acceptors (Lipinski definition) is 3. The minimum atomic E-state index is -0.434. The van der Waals surface area contributed by atoms with Crippen LogP contribution in [0, 0.1) is 0 Å². The second kappa shape index (κ2) is 8.45. The van der Waals surface area contributed by atoms with Crippen molar-refractivity contribution >= 4 is 45.6 Å². The van der Waals surface area contributed by atoms with Crippen LogP contribution in [-0.4, -0.2) is 24.6 Å². The molecule has 2 aromatic rings. The maximum Gasteiger partial charge on any atom is 0.259 e. The molecule has 0 radical (unpaired) electrons. The quantitative estimate of drug-likeness (QED) is 0.604. The molecular formula is C16H13BrClN3O2. The highest BCUT2D eigenvalue weighted by Gasteiger charge is 2.07. The number of nitrogens with zero attached hydrogens (tertiary/aromatic N) is 1. The Morgan fingerprint density at radius 2 is 1.96 bits per heavy atom. The number of halogens is 2. The molecule has 0 aliphatic rings. The van der Waals surface area contributed by atoms with Crippen molar-refractivity contribution in [2.45, 2.75) is 0 Å². The van der Waals surface area contributed by atoms with Crippen LogP contribution in [0.25, 0.3) is 0 Å². The van der Waals surface area contributed by atoms with Crippen LogP contribution >= 0.6 is 27.5 Å². The predicted octanol–water partition coefficient (Wildman–Crippen LogP) is 2.98. The van der Waals surface area contributed by atoms with Gasteiger partial charge in [0.1, 0.15) is 0 Å². The Kier molecular flexibility index (Phi) is 6.31. The highest BCUT2D eigenvalue weighted by Crippen LogP contribution is 2.12. The number of nitrogens with one attached hydrogen (secondary N) is 2. The van der Waals surface area contributed by atoms with E-state index in [1.165, 1.54) is 6.21 Å². The molecule has 0 aromatic heterocycles. The molecule has 0 aliphatic carbocycles. The van der Waals surface area contributed by atoms with E-state index in [1.54, 1.807) is 36.4 Å². The van der Waals surface area contributed by atoms with E-state index in [0.717, 1.165) is 4.47 Å². The van der Waals surface area contributed by atoms with E-state index in [4.69, 9.17) is 11.6 Å². The lowest BCUT2D eigenvalue weighted by Crippen LogP contribution is -2.34. The summed E-state index contributed by atoms with van der Waals surface area (Å²) in [6.07, 6.45) is 1.44. The SMILES string of the molecule is O=C(CNC(=O)c1cccc(Br)c1)N/N=C/c1ccccc1Cl. The Labute approximate surface area is 146 Å². The van der Waals surface area contributed by atoms with Gasteiger partial charge in [-0.25, -0.2) is 5.43 Å². The summed E-state index contributed by atoms with van der Waals surface area (Å²) < 4.78 is 0.791. The van der Waals surface area contributed by atoms with E-state index >= 15 is 0 Å². The molecule has 0 bridgehead atoms. The van der Waals surface area contributed by atoms with E-state index < -0.39 is 5.91 Å². The third-order valence-corrected chi connectivity index (χ3v) is 3.63. The van der Waals surface area contributed by atoms with Gasteiger partial charge < -0.3 is 5.32 Å². The molecule has 118 valence electrons. The summed E-state index contributed by atoms with van der Waals surface area (Å²) in [5.41, 5.74) is 3.48. The van der Waals surface area contributed by atoms with Crippen molar-refractivity contribution in [3.63, 3.8) is 0 Å². The summed E-state index contributed by atoms with van der Waals surface area (Å²) in [5.74, 6) is -0.770. The smallest absolute Gasteiger partial charge is 0.259 e. The van der Waals surface area contributed by atoms with E-state index in [2.05, 4.69) is 31.8 Å². The predicted molar refractivity (Wildman–Crippen MR) is 93.7 cm³/mol. The van der Waals surface area contributed by atoms with Crippen LogP contribution in [0.5, 0.6) is 0 Å². The summed E-state index contributed by atoms with van der Waals surface area (Å²) in [7, 11) is 0. The summed E-state index contributed by atoms with van der Waals surface area (Å²) in [5, 5.41) is 6.85. The van der Waals surface area contributed by atoms with Gasteiger partial charge in [0.2, 0.25) is 0 Å². The van der Waals surface area contributed by atoms with Gasteiger partial charge in [-0.1, -0.05) is 51.8 Å². The van der Waals surface area contributed by atoms with Crippen molar-refractivity contribution in [1.82, 2.24) is 10.7 Å². The van der Waals surface area contributed by atoms with Crippen molar-refractivity contribution in [3.05, 3.63) is 69.2 Å². The number of hydrogen-bond donors (Lipinski definition) is 2. The van der Waals surface area contributed by atoms with Gasteiger partial charge in [0.25, 0.3) is 11.8 Å². The topological polar surface area (TPSA) is 70.6 Å². The van der Waals surface area contributed by atoms with Gasteiger partial charge in [0, 0.05) is 20.6 Å². The number of amides is 2. The fourth-order valence-electron chi connectivity index (χ4n) is 1.69. The first-order chi connectivity index (χ1) is 11.1. The van der Waals surface area contributed by atoms with Crippen LogP contribution in [0.15, 0.2) is 58.1 Å². The van der Waals surface area contributed by atoms with Gasteiger partial charge in [0.05, 0.1) is 12.8 Å². The third-order valence-electron chi connectivity index (χ3n) is 2.79. The van der Waals surface area contributed by atoms with Crippen LogP contribution in [0.2, 0.25) is 5.02 Å². The largest absolute Gasteiger partial charge is 0.343 e. The number of benzene rings is 2. The summed E-state index contributed by atoms with van der Waals surface area (Å²) in [6, 6.07) is 14.0. The monoisotopic (exact) mass is 393 g/mol. The summed E-state index contributed by atoms with van der Waals surface area (Å²) in [6.45, 7) is -0.175. The highest BCUT2D eigenvalue weighted by atomic mass is 79.9. The maximum atomic E-state index is 11.9. The molecule has 0 fully saturated rings. The fourth-order valence-corrected chi connectivity index (χ4v) is 2.27. The van der Waals surface area contributed by atoms with E-state index in [1.807, 2.05) is 12.1 Å². The van der Waals surface area contributed by atoms with Crippen LogP contribution in [0.3, 0.4) is 0 Å². The van der Waals surface area contributed by atoms with Crippen molar-refractivity contribution in [2.75, 3.05) is 6.54 Å². The number of rotatable bonds is 5. The molecule has 2 N–H and O–H groups in total. The Hall–Kier alpha value is -2.18. The molecule has 2 aromatic carbocycles. The zero-order chi connectivity index (χ0) is 16.7. The van der Waals surface area contributed by atoms with E-state index in [0.29, 0.717) is 16.1 Å². The van der Waals surface area contributed by atoms with Gasteiger partial charge >= 0.3 is 0 Å². The highest BCUT2D eigenvalue weighted by molar-refractivity contribution is 9.10. The normalized spacial score (nSPS) is 10.5. The fraction of sp³-hybridized carbons (Fsp3) is 0.0625. The maximum absolute atomic E-state index is 11.9. The van der Waals surface area contributed by atoms with Crippen molar-refractivity contribution in [3.8, 4) is 0 Å². The van der Waals surface area contributed by atoms with Crippen molar-refractivity contribution < 1.29 is 9.59 Å².